The molecule has 128 valence electrons. The minimum absolute atomic E-state index is 0.110. The van der Waals surface area contributed by atoms with Crippen LogP contribution in [0.5, 0.6) is 0 Å². The molecule has 1 aromatic carbocycles. The van der Waals surface area contributed by atoms with Crippen molar-refractivity contribution >= 4 is 5.91 Å². The van der Waals surface area contributed by atoms with Crippen molar-refractivity contribution in [2.45, 2.75) is 52.2 Å². The topological polar surface area (TPSA) is 62.2 Å². The van der Waals surface area contributed by atoms with Crippen LogP contribution in [-0.2, 0) is 6.42 Å². The Balaban J connectivity index is 1.99. The number of carbonyl (C=O) groups excluding carboxylic acids is 1. The zero-order valence-electron chi connectivity index (χ0n) is 14.8. The highest BCUT2D eigenvalue weighted by Crippen LogP contribution is 2.16. The van der Waals surface area contributed by atoms with Crippen molar-refractivity contribution < 1.29 is 9.90 Å². The Morgan fingerprint density at radius 3 is 2.50 bits per heavy atom. The zero-order valence-corrected chi connectivity index (χ0v) is 14.8. The van der Waals surface area contributed by atoms with Crippen molar-refractivity contribution in [1.29, 1.82) is 0 Å². The Kier molecular flexibility index (Phi) is 5.73. The van der Waals surface area contributed by atoms with Gasteiger partial charge < -0.3 is 10.4 Å². The standard InChI is InChI=1S/C20H26N2O2/c1-14-6-5-13-21-18(14)15(2)22-19(23)17-9-7-16(8-10-17)11-12-20(3,4)24/h5-10,13,15,24H,11-12H2,1-4H3,(H,22,23). The summed E-state index contributed by atoms with van der Waals surface area (Å²) in [5.41, 5.74) is 3.01. The summed E-state index contributed by atoms with van der Waals surface area (Å²) in [6.45, 7) is 7.53. The molecule has 1 atom stereocenters. The van der Waals surface area contributed by atoms with E-state index < -0.39 is 5.60 Å². The van der Waals surface area contributed by atoms with E-state index in [4.69, 9.17) is 0 Å². The zero-order chi connectivity index (χ0) is 17.7. The number of pyridine rings is 1. The molecule has 4 nitrogen and oxygen atoms in total. The van der Waals surface area contributed by atoms with Crippen molar-refractivity contribution in [2.24, 2.45) is 0 Å². The summed E-state index contributed by atoms with van der Waals surface area (Å²) in [4.78, 5) is 16.7. The van der Waals surface area contributed by atoms with Crippen LogP contribution in [0.1, 0.15) is 60.4 Å². The fourth-order valence-corrected chi connectivity index (χ4v) is 2.57. The second kappa shape index (κ2) is 7.58. The van der Waals surface area contributed by atoms with Crippen LogP contribution in [0.3, 0.4) is 0 Å². The summed E-state index contributed by atoms with van der Waals surface area (Å²) in [7, 11) is 0. The van der Waals surface area contributed by atoms with E-state index in [-0.39, 0.29) is 11.9 Å². The maximum Gasteiger partial charge on any atom is 0.251 e. The third-order valence-electron chi connectivity index (χ3n) is 4.05. The van der Waals surface area contributed by atoms with Gasteiger partial charge in [0.15, 0.2) is 0 Å². The van der Waals surface area contributed by atoms with Crippen LogP contribution in [0.4, 0.5) is 0 Å². The number of hydrogen-bond acceptors (Lipinski definition) is 3. The maximum absolute atomic E-state index is 12.4. The average Bonchev–Trinajstić information content (AvgIpc) is 2.53. The number of nitrogens with zero attached hydrogens (tertiary/aromatic N) is 1. The van der Waals surface area contributed by atoms with Crippen LogP contribution in [0.25, 0.3) is 0 Å². The first kappa shape index (κ1) is 18.1. The van der Waals surface area contributed by atoms with Crippen LogP contribution < -0.4 is 5.32 Å². The van der Waals surface area contributed by atoms with E-state index in [1.54, 1.807) is 20.0 Å². The van der Waals surface area contributed by atoms with E-state index >= 15 is 0 Å². The monoisotopic (exact) mass is 326 g/mol. The number of amides is 1. The van der Waals surface area contributed by atoms with Gasteiger partial charge in [-0.05, 0) is 69.9 Å². The highest BCUT2D eigenvalue weighted by Gasteiger charge is 2.15. The van der Waals surface area contributed by atoms with Gasteiger partial charge in [0.1, 0.15) is 0 Å². The molecule has 0 radical (unpaired) electrons. The number of aromatic nitrogens is 1. The van der Waals surface area contributed by atoms with E-state index in [0.717, 1.165) is 23.2 Å². The molecule has 1 unspecified atom stereocenters. The van der Waals surface area contributed by atoms with Crippen LogP contribution in [0.2, 0.25) is 0 Å². The first-order chi connectivity index (χ1) is 11.3. The number of aryl methyl sites for hydroxylation is 2. The SMILES string of the molecule is Cc1cccnc1C(C)NC(=O)c1ccc(CCC(C)(C)O)cc1. The predicted octanol–water partition coefficient (Wildman–Crippen LogP) is 3.58. The van der Waals surface area contributed by atoms with Crippen molar-refractivity contribution in [2.75, 3.05) is 0 Å². The molecule has 2 aromatic rings. The lowest BCUT2D eigenvalue weighted by atomic mass is 9.98. The minimum Gasteiger partial charge on any atom is -0.390 e. The Hall–Kier alpha value is -2.20. The van der Waals surface area contributed by atoms with Gasteiger partial charge in [0.05, 0.1) is 17.3 Å². The second-order valence-corrected chi connectivity index (χ2v) is 6.91. The van der Waals surface area contributed by atoms with Crippen LogP contribution in [0, 0.1) is 6.92 Å². The maximum atomic E-state index is 12.4. The molecular weight excluding hydrogens is 300 g/mol. The highest BCUT2D eigenvalue weighted by atomic mass is 16.3. The number of nitrogens with one attached hydrogen (secondary N) is 1. The molecule has 1 aromatic heterocycles. The molecular formula is C20H26N2O2. The molecule has 0 fully saturated rings. The number of benzene rings is 1. The molecule has 1 heterocycles. The Morgan fingerprint density at radius 2 is 1.92 bits per heavy atom. The summed E-state index contributed by atoms with van der Waals surface area (Å²) in [6.07, 6.45) is 3.21. The molecule has 0 saturated carbocycles. The van der Waals surface area contributed by atoms with Gasteiger partial charge in [-0.3, -0.25) is 9.78 Å². The number of hydrogen-bond donors (Lipinski definition) is 2. The van der Waals surface area contributed by atoms with Crippen molar-refractivity contribution in [3.8, 4) is 0 Å². The van der Waals surface area contributed by atoms with Gasteiger partial charge >= 0.3 is 0 Å². The van der Waals surface area contributed by atoms with Crippen molar-refractivity contribution in [3.63, 3.8) is 0 Å². The van der Waals surface area contributed by atoms with Gasteiger partial charge in [-0.25, -0.2) is 0 Å². The molecule has 2 rings (SSSR count). The van der Waals surface area contributed by atoms with E-state index in [2.05, 4.69) is 10.3 Å². The lowest BCUT2D eigenvalue weighted by molar-refractivity contribution is 0.0713. The molecule has 0 bridgehead atoms. The molecule has 0 aliphatic carbocycles. The van der Waals surface area contributed by atoms with Gasteiger partial charge in [-0.15, -0.1) is 0 Å². The lowest BCUT2D eigenvalue weighted by Gasteiger charge is -2.17. The van der Waals surface area contributed by atoms with Gasteiger partial charge in [-0.2, -0.15) is 0 Å². The summed E-state index contributed by atoms with van der Waals surface area (Å²) in [5, 5.41) is 12.8. The molecule has 0 aliphatic rings. The minimum atomic E-state index is -0.675. The number of aliphatic hydroxyl groups is 1. The molecule has 1 amide bonds. The first-order valence-electron chi connectivity index (χ1n) is 8.30. The Labute approximate surface area is 143 Å². The van der Waals surface area contributed by atoms with E-state index in [0.29, 0.717) is 12.0 Å². The van der Waals surface area contributed by atoms with E-state index in [9.17, 15) is 9.90 Å². The average molecular weight is 326 g/mol. The van der Waals surface area contributed by atoms with Crippen molar-refractivity contribution in [1.82, 2.24) is 10.3 Å². The van der Waals surface area contributed by atoms with Gasteiger partial charge in [-0.1, -0.05) is 18.2 Å². The molecule has 2 N–H and O–H groups in total. The highest BCUT2D eigenvalue weighted by molar-refractivity contribution is 5.94. The number of carbonyl (C=O) groups is 1. The summed E-state index contributed by atoms with van der Waals surface area (Å²) < 4.78 is 0. The fraction of sp³-hybridized carbons (Fsp3) is 0.400. The second-order valence-electron chi connectivity index (χ2n) is 6.91. The molecule has 0 spiro atoms. The lowest BCUT2D eigenvalue weighted by Crippen LogP contribution is -2.27. The number of rotatable bonds is 6. The first-order valence-corrected chi connectivity index (χ1v) is 8.30. The normalized spacial score (nSPS) is 12.7. The van der Waals surface area contributed by atoms with Gasteiger partial charge in [0.2, 0.25) is 0 Å². The van der Waals surface area contributed by atoms with Gasteiger partial charge in [0, 0.05) is 11.8 Å². The van der Waals surface area contributed by atoms with Crippen LogP contribution in [0.15, 0.2) is 42.6 Å². The Bertz CT molecular complexity index is 688. The quantitative estimate of drug-likeness (QED) is 0.853. The summed E-state index contributed by atoms with van der Waals surface area (Å²) in [6, 6.07) is 11.3. The Morgan fingerprint density at radius 1 is 1.25 bits per heavy atom. The largest absolute Gasteiger partial charge is 0.390 e. The smallest absolute Gasteiger partial charge is 0.251 e. The predicted molar refractivity (Wildman–Crippen MR) is 95.9 cm³/mol. The third kappa shape index (κ3) is 5.17. The third-order valence-corrected chi connectivity index (χ3v) is 4.05. The van der Waals surface area contributed by atoms with Crippen molar-refractivity contribution in [3.05, 3.63) is 65.0 Å². The molecule has 24 heavy (non-hydrogen) atoms. The fourth-order valence-electron chi connectivity index (χ4n) is 2.57. The van der Waals surface area contributed by atoms with Crippen LogP contribution in [-0.4, -0.2) is 21.6 Å². The summed E-state index contributed by atoms with van der Waals surface area (Å²) in [5.74, 6) is -0.110. The van der Waals surface area contributed by atoms with Crippen LogP contribution >= 0.6 is 0 Å². The molecule has 4 heteroatoms. The molecule has 0 aliphatic heterocycles. The molecule has 0 saturated heterocycles. The van der Waals surface area contributed by atoms with Gasteiger partial charge in [0.25, 0.3) is 5.91 Å². The van der Waals surface area contributed by atoms with E-state index in [1.165, 1.54) is 0 Å². The summed E-state index contributed by atoms with van der Waals surface area (Å²) >= 11 is 0. The van der Waals surface area contributed by atoms with E-state index in [1.807, 2.05) is 50.2 Å².